The van der Waals surface area contributed by atoms with Gasteiger partial charge in [0.15, 0.2) is 0 Å². The number of aliphatic imine (C=N–C) groups is 1. The number of anilines is 3. The zero-order valence-electron chi connectivity index (χ0n) is 13.2. The maximum atomic E-state index is 12.7. The van der Waals surface area contributed by atoms with Gasteiger partial charge in [0.25, 0.3) is 0 Å². The topological polar surface area (TPSA) is 85.4 Å². The summed E-state index contributed by atoms with van der Waals surface area (Å²) in [5.74, 6) is 0.873. The molecular weight excluding hydrogens is 371 g/mol. The third kappa shape index (κ3) is 4.63. The molecular formula is C16H13ClF3N5O. The molecule has 0 amide bonds. The average molecular weight is 384 g/mol. The molecule has 1 atom stereocenters. The molecule has 3 N–H and O–H groups in total. The van der Waals surface area contributed by atoms with Crippen LogP contribution in [0.25, 0.3) is 0 Å². The molecule has 1 aliphatic rings. The van der Waals surface area contributed by atoms with Crippen LogP contribution in [0.1, 0.15) is 6.42 Å². The smallest absolute Gasteiger partial charge is 0.433 e. The van der Waals surface area contributed by atoms with E-state index in [2.05, 4.69) is 20.3 Å². The molecule has 2 aromatic rings. The highest BCUT2D eigenvalue weighted by atomic mass is 35.5. The van der Waals surface area contributed by atoms with Crippen LogP contribution >= 0.6 is 11.6 Å². The van der Waals surface area contributed by atoms with Gasteiger partial charge in [-0.2, -0.15) is 18.2 Å². The molecule has 2 heterocycles. The molecule has 10 heteroatoms. The van der Waals surface area contributed by atoms with Crippen LogP contribution in [0.3, 0.4) is 0 Å². The minimum absolute atomic E-state index is 0.0335. The van der Waals surface area contributed by atoms with Gasteiger partial charge in [0.05, 0.1) is 0 Å². The van der Waals surface area contributed by atoms with Crippen LogP contribution in [-0.4, -0.2) is 28.5 Å². The SMILES string of the molecule is Nc1nc(Cl)cc(Nc2ccc(OC3C=C(C(F)(F)F)N=CC3)cc2)n1. The molecule has 0 radical (unpaired) electrons. The molecule has 0 aliphatic carbocycles. The number of hydrogen-bond donors (Lipinski definition) is 2. The maximum Gasteiger partial charge on any atom is 0.433 e. The summed E-state index contributed by atoms with van der Waals surface area (Å²) in [4.78, 5) is 11.1. The summed E-state index contributed by atoms with van der Waals surface area (Å²) in [5, 5.41) is 3.19. The Balaban J connectivity index is 1.66. The van der Waals surface area contributed by atoms with Crippen LogP contribution in [0.15, 0.2) is 47.1 Å². The van der Waals surface area contributed by atoms with Crippen LogP contribution in [0.2, 0.25) is 5.15 Å². The number of alkyl halides is 3. The third-order valence-corrected chi connectivity index (χ3v) is 3.52. The average Bonchev–Trinajstić information content (AvgIpc) is 2.55. The van der Waals surface area contributed by atoms with E-state index in [1.54, 1.807) is 24.3 Å². The van der Waals surface area contributed by atoms with Gasteiger partial charge in [0.1, 0.15) is 28.5 Å². The van der Waals surface area contributed by atoms with E-state index in [1.165, 1.54) is 12.3 Å². The molecule has 0 saturated heterocycles. The van der Waals surface area contributed by atoms with Crippen molar-refractivity contribution < 1.29 is 17.9 Å². The van der Waals surface area contributed by atoms with Gasteiger partial charge in [0.2, 0.25) is 5.95 Å². The van der Waals surface area contributed by atoms with Crippen LogP contribution in [-0.2, 0) is 0 Å². The van der Waals surface area contributed by atoms with Gasteiger partial charge in [-0.25, -0.2) is 4.98 Å². The van der Waals surface area contributed by atoms with Crippen molar-refractivity contribution in [3.05, 3.63) is 47.3 Å². The molecule has 1 aliphatic heterocycles. The Hall–Kier alpha value is -2.81. The highest BCUT2D eigenvalue weighted by Crippen LogP contribution is 2.30. The first-order valence-corrected chi connectivity index (χ1v) is 7.83. The Morgan fingerprint density at radius 1 is 1.19 bits per heavy atom. The second kappa shape index (κ2) is 7.20. The van der Waals surface area contributed by atoms with Crippen LogP contribution in [0.4, 0.5) is 30.6 Å². The van der Waals surface area contributed by atoms with Gasteiger partial charge >= 0.3 is 6.18 Å². The predicted octanol–water partition coefficient (Wildman–Crippen LogP) is 4.12. The van der Waals surface area contributed by atoms with Crippen molar-refractivity contribution in [2.45, 2.75) is 18.7 Å². The monoisotopic (exact) mass is 383 g/mol. The van der Waals surface area contributed by atoms with E-state index >= 15 is 0 Å². The zero-order valence-corrected chi connectivity index (χ0v) is 13.9. The van der Waals surface area contributed by atoms with Crippen molar-refractivity contribution in [3.8, 4) is 5.75 Å². The summed E-state index contributed by atoms with van der Waals surface area (Å²) in [5.41, 5.74) is 5.24. The summed E-state index contributed by atoms with van der Waals surface area (Å²) >= 11 is 5.81. The molecule has 0 saturated carbocycles. The molecule has 1 aromatic heterocycles. The zero-order chi connectivity index (χ0) is 18.7. The number of rotatable bonds is 4. The second-order valence-corrected chi connectivity index (χ2v) is 5.72. The van der Waals surface area contributed by atoms with Crippen molar-refractivity contribution in [2.24, 2.45) is 4.99 Å². The van der Waals surface area contributed by atoms with Crippen molar-refractivity contribution in [3.63, 3.8) is 0 Å². The lowest BCUT2D eigenvalue weighted by Crippen LogP contribution is -2.22. The lowest BCUT2D eigenvalue weighted by atomic mass is 10.1. The normalized spacial score (nSPS) is 16.9. The van der Waals surface area contributed by atoms with Gasteiger partial charge in [-0.15, -0.1) is 0 Å². The Morgan fingerprint density at radius 2 is 1.92 bits per heavy atom. The quantitative estimate of drug-likeness (QED) is 0.775. The Bertz CT molecular complexity index is 832. The van der Waals surface area contributed by atoms with Crippen LogP contribution < -0.4 is 15.8 Å². The number of aromatic nitrogens is 2. The molecule has 0 spiro atoms. The van der Waals surface area contributed by atoms with E-state index in [1.807, 2.05) is 0 Å². The highest BCUT2D eigenvalue weighted by molar-refractivity contribution is 6.29. The van der Waals surface area contributed by atoms with E-state index in [4.69, 9.17) is 22.1 Å². The number of nitrogens with one attached hydrogen (secondary N) is 1. The first-order valence-electron chi connectivity index (χ1n) is 7.45. The molecule has 1 unspecified atom stereocenters. The minimum Gasteiger partial charge on any atom is -0.486 e. The van der Waals surface area contributed by atoms with Gasteiger partial charge in [-0.3, -0.25) is 4.99 Å². The van der Waals surface area contributed by atoms with E-state index in [0.29, 0.717) is 17.3 Å². The van der Waals surface area contributed by atoms with Gasteiger partial charge < -0.3 is 15.8 Å². The number of hydrogen-bond acceptors (Lipinski definition) is 6. The Morgan fingerprint density at radius 3 is 2.58 bits per heavy atom. The lowest BCUT2D eigenvalue weighted by molar-refractivity contribution is -0.0933. The Labute approximate surface area is 151 Å². The fourth-order valence-corrected chi connectivity index (χ4v) is 2.42. The fourth-order valence-electron chi connectivity index (χ4n) is 2.23. The molecule has 0 fully saturated rings. The lowest BCUT2D eigenvalue weighted by Gasteiger charge is -2.19. The number of nitrogens with two attached hydrogens (primary N) is 1. The number of nitrogens with zero attached hydrogens (tertiary/aromatic N) is 3. The summed E-state index contributed by atoms with van der Waals surface area (Å²) in [7, 11) is 0. The van der Waals surface area contributed by atoms with Crippen molar-refractivity contribution >= 4 is 35.3 Å². The number of nitrogen functional groups attached to an aromatic ring is 1. The molecule has 0 bridgehead atoms. The molecule has 136 valence electrons. The molecule has 6 nitrogen and oxygen atoms in total. The van der Waals surface area contributed by atoms with Crippen LogP contribution in [0.5, 0.6) is 5.75 Å². The summed E-state index contributed by atoms with van der Waals surface area (Å²) in [6, 6.07) is 8.13. The minimum atomic E-state index is -4.49. The van der Waals surface area contributed by atoms with Gasteiger partial charge in [-0.05, 0) is 30.3 Å². The van der Waals surface area contributed by atoms with Gasteiger partial charge in [-0.1, -0.05) is 11.6 Å². The first kappa shape index (κ1) is 18.0. The standard InChI is InChI=1S/C16H13ClF3N5O/c17-13-8-14(25-15(21)24-13)23-9-1-3-10(4-2-9)26-11-5-6-22-12(7-11)16(18,19)20/h1-4,6-8,11H,5H2,(H3,21,23,24,25). The largest absolute Gasteiger partial charge is 0.486 e. The number of halogens is 4. The van der Waals surface area contributed by atoms with Crippen molar-refractivity contribution in [1.82, 2.24) is 9.97 Å². The van der Waals surface area contributed by atoms with E-state index in [-0.39, 0.29) is 17.5 Å². The second-order valence-electron chi connectivity index (χ2n) is 5.34. The van der Waals surface area contributed by atoms with Crippen LogP contribution in [0, 0.1) is 0 Å². The summed E-state index contributed by atoms with van der Waals surface area (Å²) in [6.07, 6.45) is -2.79. The predicted molar refractivity (Wildman–Crippen MR) is 92.8 cm³/mol. The number of benzene rings is 1. The van der Waals surface area contributed by atoms with Crippen molar-refractivity contribution in [2.75, 3.05) is 11.1 Å². The van der Waals surface area contributed by atoms with E-state index in [9.17, 15) is 13.2 Å². The molecule has 1 aromatic carbocycles. The molecule has 3 rings (SSSR count). The van der Waals surface area contributed by atoms with E-state index in [0.717, 1.165) is 6.08 Å². The summed E-state index contributed by atoms with van der Waals surface area (Å²) < 4.78 is 43.6. The summed E-state index contributed by atoms with van der Waals surface area (Å²) in [6.45, 7) is 0. The maximum absolute atomic E-state index is 12.7. The number of allylic oxidation sites excluding steroid dienone is 1. The highest BCUT2D eigenvalue weighted by Gasteiger charge is 2.35. The van der Waals surface area contributed by atoms with E-state index < -0.39 is 18.0 Å². The third-order valence-electron chi connectivity index (χ3n) is 3.33. The number of ether oxygens (including phenoxy) is 1. The van der Waals surface area contributed by atoms with Gasteiger partial charge in [0, 0.05) is 24.4 Å². The van der Waals surface area contributed by atoms with Crippen molar-refractivity contribution in [1.29, 1.82) is 0 Å². The Kier molecular flexibility index (Phi) is 4.99. The first-order chi connectivity index (χ1) is 12.3. The molecule has 26 heavy (non-hydrogen) atoms. The fraction of sp³-hybridized carbons (Fsp3) is 0.188.